The molecule has 2 aromatic rings. The number of hydrogen-bond donors (Lipinski definition) is 1. The zero-order chi connectivity index (χ0) is 16.3. The van der Waals surface area contributed by atoms with Crippen LogP contribution in [0.1, 0.15) is 10.4 Å². The zero-order valence-corrected chi connectivity index (χ0v) is 12.1. The maximum Gasteiger partial charge on any atom is 0.312 e. The van der Waals surface area contributed by atoms with Gasteiger partial charge in [-0.05, 0) is 24.3 Å². The Morgan fingerprint density at radius 3 is 2.68 bits per heavy atom. The standard InChI is InChI=1S/C14H10ClFN2O4/c1-22-12-6-5-8(7-11(12)18(20)21)17-14(19)13-9(15)3-2-4-10(13)16/h2-7H,1H3,(H,17,19). The van der Waals surface area contributed by atoms with E-state index in [9.17, 15) is 19.3 Å². The van der Waals surface area contributed by atoms with Crippen LogP contribution in [0.5, 0.6) is 5.75 Å². The molecule has 0 atom stereocenters. The van der Waals surface area contributed by atoms with Gasteiger partial charge in [0, 0.05) is 11.8 Å². The monoisotopic (exact) mass is 324 g/mol. The summed E-state index contributed by atoms with van der Waals surface area (Å²) in [6.45, 7) is 0. The van der Waals surface area contributed by atoms with E-state index in [0.717, 1.165) is 12.1 Å². The fourth-order valence-electron chi connectivity index (χ4n) is 1.82. The third-order valence-electron chi connectivity index (χ3n) is 2.82. The minimum absolute atomic E-state index is 0.0481. The summed E-state index contributed by atoms with van der Waals surface area (Å²) >= 11 is 5.79. The van der Waals surface area contributed by atoms with Gasteiger partial charge in [0.2, 0.25) is 0 Å². The first-order chi connectivity index (χ1) is 10.4. The first-order valence-electron chi connectivity index (χ1n) is 6.02. The number of amides is 1. The molecule has 0 aliphatic carbocycles. The molecule has 1 amide bonds. The number of rotatable bonds is 4. The molecule has 6 nitrogen and oxygen atoms in total. The Bertz CT molecular complexity index is 731. The largest absolute Gasteiger partial charge is 0.490 e. The lowest BCUT2D eigenvalue weighted by Gasteiger charge is -2.09. The van der Waals surface area contributed by atoms with Crippen molar-refractivity contribution in [1.82, 2.24) is 0 Å². The van der Waals surface area contributed by atoms with Crippen molar-refractivity contribution in [1.29, 1.82) is 0 Å². The lowest BCUT2D eigenvalue weighted by molar-refractivity contribution is -0.385. The summed E-state index contributed by atoms with van der Waals surface area (Å²) in [4.78, 5) is 22.3. The number of nitrogens with zero attached hydrogens (tertiary/aromatic N) is 1. The molecule has 0 radical (unpaired) electrons. The van der Waals surface area contributed by atoms with Gasteiger partial charge < -0.3 is 10.1 Å². The van der Waals surface area contributed by atoms with Crippen molar-refractivity contribution in [3.05, 3.63) is 62.9 Å². The number of halogens is 2. The summed E-state index contributed by atoms with van der Waals surface area (Å²) < 4.78 is 18.5. The molecule has 0 aromatic heterocycles. The molecule has 0 aliphatic heterocycles. The molecule has 0 fully saturated rings. The highest BCUT2D eigenvalue weighted by atomic mass is 35.5. The lowest BCUT2D eigenvalue weighted by Crippen LogP contribution is -2.14. The highest BCUT2D eigenvalue weighted by Gasteiger charge is 2.19. The molecule has 0 unspecified atom stereocenters. The van der Waals surface area contributed by atoms with Crippen LogP contribution in [0.3, 0.4) is 0 Å². The van der Waals surface area contributed by atoms with Crippen LogP contribution in [-0.4, -0.2) is 17.9 Å². The molecule has 0 saturated carbocycles. The molecular weight excluding hydrogens is 315 g/mol. The van der Waals surface area contributed by atoms with Crippen LogP contribution in [-0.2, 0) is 0 Å². The summed E-state index contributed by atoms with van der Waals surface area (Å²) in [5, 5.41) is 13.2. The number of anilines is 1. The Hall–Kier alpha value is -2.67. The Morgan fingerprint density at radius 1 is 1.36 bits per heavy atom. The van der Waals surface area contributed by atoms with Crippen molar-refractivity contribution < 1.29 is 18.8 Å². The number of carbonyl (C=O) groups is 1. The number of benzene rings is 2. The normalized spacial score (nSPS) is 10.1. The van der Waals surface area contributed by atoms with E-state index >= 15 is 0 Å². The van der Waals surface area contributed by atoms with E-state index in [-0.39, 0.29) is 27.7 Å². The number of hydrogen-bond acceptors (Lipinski definition) is 4. The molecule has 0 bridgehead atoms. The number of methoxy groups -OCH3 is 1. The average Bonchev–Trinajstić information content (AvgIpc) is 2.46. The minimum Gasteiger partial charge on any atom is -0.490 e. The van der Waals surface area contributed by atoms with Crippen LogP contribution in [0, 0.1) is 15.9 Å². The molecule has 114 valence electrons. The lowest BCUT2D eigenvalue weighted by atomic mass is 10.2. The van der Waals surface area contributed by atoms with E-state index in [1.54, 1.807) is 0 Å². The van der Waals surface area contributed by atoms with Crippen LogP contribution >= 0.6 is 11.6 Å². The molecule has 1 N–H and O–H groups in total. The third-order valence-corrected chi connectivity index (χ3v) is 3.14. The van der Waals surface area contributed by atoms with Crippen molar-refractivity contribution in [2.24, 2.45) is 0 Å². The molecular formula is C14H10ClFN2O4. The van der Waals surface area contributed by atoms with Crippen LogP contribution < -0.4 is 10.1 Å². The van der Waals surface area contributed by atoms with Crippen molar-refractivity contribution in [3.63, 3.8) is 0 Å². The summed E-state index contributed by atoms with van der Waals surface area (Å²) in [7, 11) is 1.29. The summed E-state index contributed by atoms with van der Waals surface area (Å²) in [5.74, 6) is -1.54. The second-order valence-corrected chi connectivity index (χ2v) is 4.60. The molecule has 0 heterocycles. The van der Waals surface area contributed by atoms with Crippen LogP contribution in [0.25, 0.3) is 0 Å². The smallest absolute Gasteiger partial charge is 0.312 e. The maximum atomic E-state index is 13.7. The quantitative estimate of drug-likeness (QED) is 0.687. The van der Waals surface area contributed by atoms with E-state index in [0.29, 0.717) is 0 Å². The van der Waals surface area contributed by atoms with E-state index in [2.05, 4.69) is 5.32 Å². The highest BCUT2D eigenvalue weighted by Crippen LogP contribution is 2.30. The molecule has 22 heavy (non-hydrogen) atoms. The summed E-state index contributed by atoms with van der Waals surface area (Å²) in [6, 6.07) is 7.68. The SMILES string of the molecule is COc1ccc(NC(=O)c2c(F)cccc2Cl)cc1[N+](=O)[O-]. The number of carbonyl (C=O) groups excluding carboxylic acids is 1. The molecule has 2 rings (SSSR count). The van der Waals surface area contributed by atoms with Crippen molar-refractivity contribution >= 4 is 28.9 Å². The molecule has 0 aliphatic rings. The third kappa shape index (κ3) is 3.15. The first kappa shape index (κ1) is 15.7. The highest BCUT2D eigenvalue weighted by molar-refractivity contribution is 6.34. The molecule has 2 aromatic carbocycles. The van der Waals surface area contributed by atoms with Gasteiger partial charge >= 0.3 is 5.69 Å². The summed E-state index contributed by atoms with van der Waals surface area (Å²) in [5.41, 5.74) is -0.528. The topological polar surface area (TPSA) is 81.5 Å². The second kappa shape index (κ2) is 6.40. The van der Waals surface area contributed by atoms with Gasteiger partial charge in [-0.15, -0.1) is 0 Å². The fourth-order valence-corrected chi connectivity index (χ4v) is 2.07. The van der Waals surface area contributed by atoms with Crippen LogP contribution in [0.2, 0.25) is 5.02 Å². The van der Waals surface area contributed by atoms with Gasteiger partial charge in [-0.25, -0.2) is 4.39 Å². The zero-order valence-electron chi connectivity index (χ0n) is 11.3. The van der Waals surface area contributed by atoms with Gasteiger partial charge in [-0.2, -0.15) is 0 Å². The summed E-state index contributed by atoms with van der Waals surface area (Å²) in [6.07, 6.45) is 0. The Balaban J connectivity index is 2.33. The predicted molar refractivity (Wildman–Crippen MR) is 79.0 cm³/mol. The number of nitro benzene ring substituents is 1. The minimum atomic E-state index is -0.803. The van der Waals surface area contributed by atoms with E-state index in [1.165, 1.54) is 31.4 Å². The second-order valence-electron chi connectivity index (χ2n) is 4.19. The van der Waals surface area contributed by atoms with Crippen molar-refractivity contribution in [2.75, 3.05) is 12.4 Å². The Labute approximate surface area is 129 Å². The van der Waals surface area contributed by atoms with Gasteiger partial charge in [0.05, 0.1) is 22.6 Å². The Morgan fingerprint density at radius 2 is 2.09 bits per heavy atom. The first-order valence-corrected chi connectivity index (χ1v) is 6.39. The fraction of sp³-hybridized carbons (Fsp3) is 0.0714. The number of nitrogens with one attached hydrogen (secondary N) is 1. The van der Waals surface area contributed by atoms with Gasteiger partial charge in [-0.1, -0.05) is 17.7 Å². The predicted octanol–water partition coefficient (Wildman–Crippen LogP) is 3.65. The van der Waals surface area contributed by atoms with E-state index < -0.39 is 16.6 Å². The van der Waals surface area contributed by atoms with Gasteiger partial charge in [0.15, 0.2) is 5.75 Å². The van der Waals surface area contributed by atoms with Crippen LogP contribution in [0.4, 0.5) is 15.8 Å². The van der Waals surface area contributed by atoms with Gasteiger partial charge in [-0.3, -0.25) is 14.9 Å². The van der Waals surface area contributed by atoms with Gasteiger partial charge in [0.25, 0.3) is 5.91 Å². The molecule has 8 heteroatoms. The molecule has 0 saturated heterocycles. The van der Waals surface area contributed by atoms with E-state index in [1.807, 2.05) is 0 Å². The average molecular weight is 325 g/mol. The van der Waals surface area contributed by atoms with Crippen molar-refractivity contribution in [2.45, 2.75) is 0 Å². The van der Waals surface area contributed by atoms with E-state index in [4.69, 9.17) is 16.3 Å². The molecule has 0 spiro atoms. The number of ether oxygens (including phenoxy) is 1. The van der Waals surface area contributed by atoms with Gasteiger partial charge in [0.1, 0.15) is 5.82 Å². The Kier molecular flexibility index (Phi) is 4.57. The van der Waals surface area contributed by atoms with Crippen LogP contribution in [0.15, 0.2) is 36.4 Å². The number of nitro groups is 1. The van der Waals surface area contributed by atoms with Crippen molar-refractivity contribution in [3.8, 4) is 5.75 Å². The maximum absolute atomic E-state index is 13.7.